The highest BCUT2D eigenvalue weighted by Gasteiger charge is 2.20. The van der Waals surface area contributed by atoms with E-state index in [9.17, 15) is 0 Å². The largest absolute Gasteiger partial charge is 0.382 e. The quantitative estimate of drug-likeness (QED) is 0.909. The maximum absolute atomic E-state index is 6.06. The van der Waals surface area contributed by atoms with Crippen LogP contribution in [0.4, 0.5) is 10.8 Å². The van der Waals surface area contributed by atoms with Crippen molar-refractivity contribution in [3.63, 3.8) is 0 Å². The monoisotopic (exact) mass is 276 g/mol. The van der Waals surface area contributed by atoms with Crippen LogP contribution in [-0.2, 0) is 0 Å². The van der Waals surface area contributed by atoms with Gasteiger partial charge in [-0.2, -0.15) is 4.37 Å². The third-order valence-electron chi connectivity index (χ3n) is 3.02. The first kappa shape index (κ1) is 13.8. The number of hydrogen-bond donors (Lipinski definition) is 1. The molecule has 0 saturated heterocycles. The number of nitrogens with zero attached hydrogens (tertiary/aromatic N) is 3. The van der Waals surface area contributed by atoms with Gasteiger partial charge in [0.05, 0.1) is 5.56 Å². The van der Waals surface area contributed by atoms with Crippen molar-refractivity contribution in [2.75, 3.05) is 17.2 Å². The van der Waals surface area contributed by atoms with Gasteiger partial charge in [0.1, 0.15) is 10.8 Å². The smallest absolute Gasteiger partial charge is 0.147 e. The van der Waals surface area contributed by atoms with Gasteiger partial charge in [-0.25, -0.2) is 0 Å². The van der Waals surface area contributed by atoms with Gasteiger partial charge >= 0.3 is 0 Å². The summed E-state index contributed by atoms with van der Waals surface area (Å²) in [5, 5.41) is 1.15. The molecule has 2 heterocycles. The normalized spacial score (nSPS) is 10.9. The van der Waals surface area contributed by atoms with E-state index in [0.29, 0.717) is 11.9 Å². The van der Waals surface area contributed by atoms with Gasteiger partial charge in [0.2, 0.25) is 0 Å². The number of pyridine rings is 1. The molecule has 0 fully saturated rings. The minimum absolute atomic E-state index is 0.431. The Labute approximate surface area is 118 Å². The van der Waals surface area contributed by atoms with E-state index in [1.807, 2.05) is 12.1 Å². The standard InChI is InChI=1S/C14H20N4S/c1-4-9-18(10(2)3)14-12(13(15)17-19-14)11-5-7-16-8-6-11/h5-8,10H,4,9H2,1-3H3,(H2,15,17). The Kier molecular flexibility index (Phi) is 4.37. The summed E-state index contributed by atoms with van der Waals surface area (Å²) in [6.45, 7) is 7.59. The molecule has 0 radical (unpaired) electrons. The first-order chi connectivity index (χ1) is 9.15. The number of nitrogen functional groups attached to an aromatic ring is 1. The predicted molar refractivity (Wildman–Crippen MR) is 82.5 cm³/mol. The van der Waals surface area contributed by atoms with Crippen molar-refractivity contribution in [1.29, 1.82) is 0 Å². The Balaban J connectivity index is 2.47. The molecule has 0 bridgehead atoms. The van der Waals surface area contributed by atoms with Crippen LogP contribution < -0.4 is 10.6 Å². The van der Waals surface area contributed by atoms with Gasteiger partial charge in [-0.05, 0) is 49.5 Å². The Morgan fingerprint density at radius 2 is 2.00 bits per heavy atom. The average molecular weight is 276 g/mol. The number of anilines is 2. The molecule has 0 aliphatic carbocycles. The minimum Gasteiger partial charge on any atom is -0.382 e. The van der Waals surface area contributed by atoms with E-state index >= 15 is 0 Å². The van der Waals surface area contributed by atoms with Gasteiger partial charge in [0, 0.05) is 25.0 Å². The average Bonchev–Trinajstić information content (AvgIpc) is 2.78. The highest BCUT2D eigenvalue weighted by Crippen LogP contribution is 2.39. The van der Waals surface area contributed by atoms with Crippen molar-refractivity contribution >= 4 is 22.4 Å². The first-order valence-corrected chi connectivity index (χ1v) is 7.34. The third kappa shape index (κ3) is 2.87. The fourth-order valence-corrected chi connectivity index (χ4v) is 3.11. The van der Waals surface area contributed by atoms with Crippen LogP contribution in [0.2, 0.25) is 0 Å². The number of rotatable bonds is 5. The van der Waals surface area contributed by atoms with Gasteiger partial charge in [-0.1, -0.05) is 6.92 Å². The van der Waals surface area contributed by atoms with Crippen LogP contribution in [0.15, 0.2) is 24.5 Å². The Bertz CT molecular complexity index is 521. The van der Waals surface area contributed by atoms with Crippen molar-refractivity contribution in [3.05, 3.63) is 24.5 Å². The van der Waals surface area contributed by atoms with E-state index in [2.05, 4.69) is 35.0 Å². The van der Waals surface area contributed by atoms with Crippen LogP contribution in [0.3, 0.4) is 0 Å². The third-order valence-corrected chi connectivity index (χ3v) is 3.92. The summed E-state index contributed by atoms with van der Waals surface area (Å²) < 4.78 is 4.34. The lowest BCUT2D eigenvalue weighted by Gasteiger charge is -2.27. The molecule has 0 aliphatic rings. The van der Waals surface area contributed by atoms with Crippen LogP contribution in [0.25, 0.3) is 11.1 Å². The van der Waals surface area contributed by atoms with Crippen molar-refractivity contribution in [1.82, 2.24) is 9.36 Å². The molecule has 5 heteroatoms. The lowest BCUT2D eigenvalue weighted by atomic mass is 10.1. The molecule has 0 saturated carbocycles. The number of aromatic nitrogens is 2. The molecule has 2 aromatic heterocycles. The zero-order valence-electron chi connectivity index (χ0n) is 11.6. The summed E-state index contributed by atoms with van der Waals surface area (Å²) in [5.41, 5.74) is 8.18. The van der Waals surface area contributed by atoms with Gasteiger partial charge in [0.25, 0.3) is 0 Å². The molecule has 0 atom stereocenters. The highest BCUT2D eigenvalue weighted by atomic mass is 32.1. The van der Waals surface area contributed by atoms with Gasteiger partial charge in [0.15, 0.2) is 0 Å². The van der Waals surface area contributed by atoms with Crippen LogP contribution in [0.5, 0.6) is 0 Å². The Morgan fingerprint density at radius 1 is 1.32 bits per heavy atom. The lowest BCUT2D eigenvalue weighted by Crippen LogP contribution is -2.31. The molecule has 0 unspecified atom stereocenters. The van der Waals surface area contributed by atoms with E-state index in [4.69, 9.17) is 5.73 Å². The number of hydrogen-bond acceptors (Lipinski definition) is 5. The topological polar surface area (TPSA) is 55.0 Å². The lowest BCUT2D eigenvalue weighted by molar-refractivity contribution is 0.677. The Morgan fingerprint density at radius 3 is 2.58 bits per heavy atom. The van der Waals surface area contributed by atoms with E-state index in [-0.39, 0.29) is 0 Å². The second-order valence-corrected chi connectivity index (χ2v) is 5.52. The fourth-order valence-electron chi connectivity index (χ4n) is 2.11. The summed E-state index contributed by atoms with van der Waals surface area (Å²) >= 11 is 1.48. The zero-order chi connectivity index (χ0) is 13.8. The highest BCUT2D eigenvalue weighted by molar-refractivity contribution is 7.11. The van der Waals surface area contributed by atoms with Crippen LogP contribution in [0.1, 0.15) is 27.2 Å². The fraction of sp³-hybridized carbons (Fsp3) is 0.429. The van der Waals surface area contributed by atoms with Gasteiger partial charge in [-0.3, -0.25) is 4.98 Å². The zero-order valence-corrected chi connectivity index (χ0v) is 12.4. The first-order valence-electron chi connectivity index (χ1n) is 6.57. The van der Waals surface area contributed by atoms with E-state index in [0.717, 1.165) is 29.1 Å². The maximum atomic E-state index is 6.06. The Hall–Kier alpha value is -1.62. The molecule has 0 aromatic carbocycles. The second kappa shape index (κ2) is 6.02. The molecule has 19 heavy (non-hydrogen) atoms. The molecule has 4 nitrogen and oxygen atoms in total. The molecule has 2 rings (SSSR count). The van der Waals surface area contributed by atoms with Crippen molar-refractivity contribution in [2.24, 2.45) is 0 Å². The van der Waals surface area contributed by atoms with Gasteiger partial charge < -0.3 is 10.6 Å². The molecule has 0 aliphatic heterocycles. The van der Waals surface area contributed by atoms with E-state index in [1.54, 1.807) is 12.4 Å². The second-order valence-electron chi connectivity index (χ2n) is 4.77. The van der Waals surface area contributed by atoms with Crippen LogP contribution >= 0.6 is 11.5 Å². The molecule has 0 amide bonds. The van der Waals surface area contributed by atoms with Crippen LogP contribution in [0, 0.1) is 0 Å². The van der Waals surface area contributed by atoms with Crippen LogP contribution in [-0.4, -0.2) is 21.9 Å². The predicted octanol–water partition coefficient (Wildman–Crippen LogP) is 3.41. The van der Waals surface area contributed by atoms with Crippen molar-refractivity contribution in [3.8, 4) is 11.1 Å². The molecular weight excluding hydrogens is 256 g/mol. The summed E-state index contributed by atoms with van der Waals surface area (Å²) in [5.74, 6) is 0.605. The number of nitrogens with two attached hydrogens (primary N) is 1. The maximum Gasteiger partial charge on any atom is 0.147 e. The van der Waals surface area contributed by atoms with Crippen molar-refractivity contribution < 1.29 is 0 Å². The summed E-state index contributed by atoms with van der Waals surface area (Å²) in [7, 11) is 0. The SMILES string of the molecule is CCCN(c1snc(N)c1-c1ccncc1)C(C)C. The summed E-state index contributed by atoms with van der Waals surface area (Å²) in [6.07, 6.45) is 4.68. The summed E-state index contributed by atoms with van der Waals surface area (Å²) in [6, 6.07) is 4.39. The summed E-state index contributed by atoms with van der Waals surface area (Å²) in [4.78, 5) is 6.42. The molecular formula is C14H20N4S. The minimum atomic E-state index is 0.431. The van der Waals surface area contributed by atoms with Crippen molar-refractivity contribution in [2.45, 2.75) is 33.2 Å². The molecule has 102 valence electrons. The molecule has 0 spiro atoms. The molecule has 2 N–H and O–H groups in total. The van der Waals surface area contributed by atoms with E-state index < -0.39 is 0 Å². The molecule has 2 aromatic rings. The van der Waals surface area contributed by atoms with E-state index in [1.165, 1.54) is 11.5 Å². The van der Waals surface area contributed by atoms with Gasteiger partial charge in [-0.15, -0.1) is 0 Å².